The minimum Gasteiger partial charge on any atom is -0.308 e. The SMILES string of the molecule is O=[N+]([O-])c1cccc(C2=CSC3=NC4=C(CCC/C4=C\c4ccccc4)[C@H](c4ccccc4)N23)c1. The van der Waals surface area contributed by atoms with Gasteiger partial charge in [-0.1, -0.05) is 84.6 Å². The van der Waals surface area contributed by atoms with E-state index in [1.807, 2.05) is 18.2 Å². The second-order valence-electron chi connectivity index (χ2n) is 8.81. The number of hydrogen-bond donors (Lipinski definition) is 0. The van der Waals surface area contributed by atoms with E-state index in [0.29, 0.717) is 0 Å². The first-order valence-electron chi connectivity index (χ1n) is 11.7. The Labute approximate surface area is 208 Å². The third-order valence-electron chi connectivity index (χ3n) is 6.65. The number of nitrogens with zero attached hydrogens (tertiary/aromatic N) is 3. The predicted molar refractivity (Wildman–Crippen MR) is 142 cm³/mol. The fourth-order valence-electron chi connectivity index (χ4n) is 5.09. The minimum atomic E-state index is -0.339. The van der Waals surface area contributed by atoms with Crippen molar-refractivity contribution in [2.45, 2.75) is 25.3 Å². The van der Waals surface area contributed by atoms with E-state index in [1.165, 1.54) is 28.3 Å². The van der Waals surface area contributed by atoms with E-state index in [9.17, 15) is 10.1 Å². The van der Waals surface area contributed by atoms with Crippen LogP contribution in [-0.4, -0.2) is 15.0 Å². The molecule has 172 valence electrons. The van der Waals surface area contributed by atoms with Crippen LogP contribution in [0.3, 0.4) is 0 Å². The molecule has 0 saturated heterocycles. The van der Waals surface area contributed by atoms with Gasteiger partial charge in [0.1, 0.15) is 0 Å². The highest BCUT2D eigenvalue weighted by Gasteiger charge is 2.40. The molecule has 0 fully saturated rings. The van der Waals surface area contributed by atoms with Crippen molar-refractivity contribution >= 4 is 34.4 Å². The van der Waals surface area contributed by atoms with Crippen molar-refractivity contribution in [2.24, 2.45) is 4.99 Å². The quantitative estimate of drug-likeness (QED) is 0.287. The first-order valence-corrected chi connectivity index (χ1v) is 12.6. The molecule has 0 N–H and O–H groups in total. The van der Waals surface area contributed by atoms with Crippen LogP contribution < -0.4 is 0 Å². The summed E-state index contributed by atoms with van der Waals surface area (Å²) in [5.74, 6) is 0. The third-order valence-corrected chi connectivity index (χ3v) is 7.49. The van der Waals surface area contributed by atoms with Crippen LogP contribution in [0.2, 0.25) is 0 Å². The summed E-state index contributed by atoms with van der Waals surface area (Å²) in [6, 6.07) is 27.8. The number of nitro groups is 1. The van der Waals surface area contributed by atoms with Crippen molar-refractivity contribution < 1.29 is 4.92 Å². The van der Waals surface area contributed by atoms with Crippen molar-refractivity contribution in [1.29, 1.82) is 0 Å². The number of amidine groups is 1. The van der Waals surface area contributed by atoms with E-state index in [0.717, 1.165) is 41.4 Å². The van der Waals surface area contributed by atoms with Crippen LogP contribution in [-0.2, 0) is 0 Å². The van der Waals surface area contributed by atoms with E-state index in [4.69, 9.17) is 4.99 Å². The molecule has 3 aromatic rings. The Hall–Kier alpha value is -3.90. The fourth-order valence-corrected chi connectivity index (χ4v) is 6.02. The Kier molecular flexibility index (Phi) is 5.58. The number of nitro benzene ring substituents is 1. The van der Waals surface area contributed by atoms with Crippen molar-refractivity contribution in [1.82, 2.24) is 4.90 Å². The lowest BCUT2D eigenvalue weighted by molar-refractivity contribution is -0.384. The Balaban J connectivity index is 1.48. The van der Waals surface area contributed by atoms with Gasteiger partial charge in [-0.25, -0.2) is 4.99 Å². The molecule has 35 heavy (non-hydrogen) atoms. The van der Waals surface area contributed by atoms with Crippen molar-refractivity contribution in [2.75, 3.05) is 0 Å². The van der Waals surface area contributed by atoms with Crippen molar-refractivity contribution in [3.63, 3.8) is 0 Å². The Morgan fingerprint density at radius 1 is 0.971 bits per heavy atom. The molecule has 3 aromatic carbocycles. The Morgan fingerprint density at radius 2 is 1.74 bits per heavy atom. The summed E-state index contributed by atoms with van der Waals surface area (Å²) in [7, 11) is 0. The molecule has 6 heteroatoms. The largest absolute Gasteiger partial charge is 0.308 e. The maximum Gasteiger partial charge on any atom is 0.270 e. The lowest BCUT2D eigenvalue weighted by Crippen LogP contribution is -2.34. The summed E-state index contributed by atoms with van der Waals surface area (Å²) in [4.78, 5) is 18.6. The number of benzene rings is 3. The smallest absolute Gasteiger partial charge is 0.270 e. The second-order valence-corrected chi connectivity index (χ2v) is 9.65. The number of aliphatic imine (C=N–C) groups is 1. The molecule has 5 nitrogen and oxygen atoms in total. The molecule has 0 unspecified atom stereocenters. The lowest BCUT2D eigenvalue weighted by Gasteiger charge is -2.40. The molecule has 0 amide bonds. The zero-order valence-corrected chi connectivity index (χ0v) is 19.8. The van der Waals surface area contributed by atoms with Gasteiger partial charge in [0.05, 0.1) is 22.4 Å². The average Bonchev–Trinajstić information content (AvgIpc) is 3.32. The van der Waals surface area contributed by atoms with Crippen LogP contribution >= 0.6 is 11.8 Å². The number of rotatable bonds is 4. The summed E-state index contributed by atoms with van der Waals surface area (Å²) in [5, 5.41) is 14.4. The summed E-state index contributed by atoms with van der Waals surface area (Å²) in [5.41, 5.74) is 7.95. The minimum absolute atomic E-state index is 0.00122. The number of thioether (sulfide) groups is 1. The van der Waals surface area contributed by atoms with Crippen molar-refractivity contribution in [3.8, 4) is 0 Å². The molecule has 3 aliphatic rings. The molecular weight excluding hydrogens is 454 g/mol. The van der Waals surface area contributed by atoms with E-state index in [1.54, 1.807) is 23.9 Å². The number of fused-ring (bicyclic) bond motifs is 1. The Morgan fingerprint density at radius 3 is 2.51 bits per heavy atom. The first kappa shape index (κ1) is 21.6. The normalized spacial score (nSPS) is 20.3. The van der Waals surface area contributed by atoms with Crippen molar-refractivity contribution in [3.05, 3.63) is 134 Å². The van der Waals surface area contributed by atoms with Crippen LogP contribution in [0.15, 0.2) is 112 Å². The molecular formula is C29H23N3O2S. The number of non-ortho nitro benzene ring substituents is 1. The highest BCUT2D eigenvalue weighted by Crippen LogP contribution is 2.51. The molecule has 1 aliphatic carbocycles. The number of hydrogen-bond acceptors (Lipinski definition) is 5. The van der Waals surface area contributed by atoms with Gasteiger partial charge in [-0.15, -0.1) is 0 Å². The van der Waals surface area contributed by atoms with Crippen LogP contribution in [0.4, 0.5) is 5.69 Å². The molecule has 0 spiro atoms. The molecule has 2 heterocycles. The van der Waals surface area contributed by atoms with Gasteiger partial charge in [-0.2, -0.15) is 0 Å². The molecule has 6 rings (SSSR count). The molecule has 0 radical (unpaired) electrons. The summed E-state index contributed by atoms with van der Waals surface area (Å²) >= 11 is 1.59. The summed E-state index contributed by atoms with van der Waals surface area (Å²) in [6.07, 6.45) is 5.32. The highest BCUT2D eigenvalue weighted by atomic mass is 32.2. The maximum absolute atomic E-state index is 11.4. The van der Waals surface area contributed by atoms with Gasteiger partial charge in [0.25, 0.3) is 5.69 Å². The molecule has 0 bridgehead atoms. The van der Waals surface area contributed by atoms with E-state index < -0.39 is 0 Å². The van der Waals surface area contributed by atoms with Gasteiger partial charge < -0.3 is 4.90 Å². The van der Waals surface area contributed by atoms with Gasteiger partial charge in [-0.3, -0.25) is 10.1 Å². The first-order chi connectivity index (χ1) is 17.2. The standard InChI is InChI=1S/C29H23N3O2S/c33-32(34)24-15-7-13-22(18-24)26-19-35-29-30-27-23(17-20-9-3-1-4-10-20)14-8-16-25(27)28(31(26)29)21-11-5-2-6-12-21/h1-7,9-13,15,17-19,28H,8,14,16H2/b23-17+/t28-/m0/s1. The van der Waals surface area contributed by atoms with Crippen LogP contribution in [0.25, 0.3) is 11.8 Å². The fraction of sp³-hybridized carbons (Fsp3) is 0.138. The predicted octanol–water partition coefficient (Wildman–Crippen LogP) is 7.57. The zero-order chi connectivity index (χ0) is 23.8. The van der Waals surface area contributed by atoms with E-state index in [-0.39, 0.29) is 16.7 Å². The van der Waals surface area contributed by atoms with E-state index >= 15 is 0 Å². The topological polar surface area (TPSA) is 58.7 Å². The average molecular weight is 478 g/mol. The molecule has 0 saturated carbocycles. The Bertz CT molecular complexity index is 1420. The van der Waals surface area contributed by atoms with E-state index in [2.05, 4.69) is 64.9 Å². The second kappa shape index (κ2) is 9.04. The van der Waals surface area contributed by atoms with Crippen LogP contribution in [0.1, 0.15) is 42.0 Å². The molecule has 2 aliphatic heterocycles. The maximum atomic E-state index is 11.4. The lowest BCUT2D eigenvalue weighted by atomic mass is 9.83. The van der Waals surface area contributed by atoms with Gasteiger partial charge in [0.15, 0.2) is 5.17 Å². The van der Waals surface area contributed by atoms with Crippen LogP contribution in [0, 0.1) is 10.1 Å². The monoisotopic (exact) mass is 477 g/mol. The highest BCUT2D eigenvalue weighted by molar-refractivity contribution is 8.16. The van der Waals surface area contributed by atoms with Gasteiger partial charge >= 0.3 is 0 Å². The number of allylic oxidation sites excluding steroid dienone is 1. The van der Waals surface area contributed by atoms with Crippen LogP contribution in [0.5, 0.6) is 0 Å². The molecule has 0 aromatic heterocycles. The molecule has 1 atom stereocenters. The summed E-state index contributed by atoms with van der Waals surface area (Å²) < 4.78 is 0. The van der Waals surface area contributed by atoms with Gasteiger partial charge in [0.2, 0.25) is 0 Å². The summed E-state index contributed by atoms with van der Waals surface area (Å²) in [6.45, 7) is 0. The van der Waals surface area contributed by atoms with Gasteiger partial charge in [0, 0.05) is 23.1 Å². The van der Waals surface area contributed by atoms with Gasteiger partial charge in [-0.05, 0) is 47.6 Å². The zero-order valence-electron chi connectivity index (χ0n) is 19.0. The third kappa shape index (κ3) is 4.00.